The molecule has 0 bridgehead atoms. The Kier molecular flexibility index (Phi) is 2.79. The third-order valence-electron chi connectivity index (χ3n) is 4.83. The molecule has 0 aromatic rings. The minimum atomic E-state index is -0.219. The highest BCUT2D eigenvalue weighted by Gasteiger charge is 2.59. The highest BCUT2D eigenvalue weighted by atomic mass is 16.5. The van der Waals surface area contributed by atoms with Gasteiger partial charge in [0.15, 0.2) is 0 Å². The van der Waals surface area contributed by atoms with E-state index in [1.807, 2.05) is 0 Å². The van der Waals surface area contributed by atoms with Crippen LogP contribution in [0.4, 0.5) is 4.79 Å². The van der Waals surface area contributed by atoms with Crippen LogP contribution >= 0.6 is 0 Å². The van der Waals surface area contributed by atoms with Gasteiger partial charge < -0.3 is 19.7 Å². The fourth-order valence-electron chi connectivity index (χ4n) is 3.78. The van der Waals surface area contributed by atoms with E-state index in [4.69, 9.17) is 9.47 Å². The molecule has 3 atom stereocenters. The predicted octanol–water partition coefficient (Wildman–Crippen LogP) is 0.840. The van der Waals surface area contributed by atoms with E-state index >= 15 is 0 Å². The zero-order valence-electron chi connectivity index (χ0n) is 11.3. The molecule has 3 fully saturated rings. The molecule has 1 aliphatic carbocycles. The van der Waals surface area contributed by atoms with Crippen molar-refractivity contribution < 1.29 is 14.3 Å². The lowest BCUT2D eigenvalue weighted by Gasteiger charge is -2.57. The minimum Gasteiger partial charge on any atom is -0.453 e. The lowest BCUT2D eigenvalue weighted by atomic mass is 9.57. The molecule has 102 valence electrons. The molecule has 0 radical (unpaired) electrons. The van der Waals surface area contributed by atoms with Gasteiger partial charge in [0.05, 0.1) is 13.2 Å². The molecule has 1 saturated carbocycles. The second-order valence-electron chi connectivity index (χ2n) is 6.28. The van der Waals surface area contributed by atoms with Crippen LogP contribution in [0, 0.1) is 11.3 Å². The molecule has 1 N–H and O–H groups in total. The molecule has 18 heavy (non-hydrogen) atoms. The van der Waals surface area contributed by atoms with Gasteiger partial charge in [-0.2, -0.15) is 0 Å². The summed E-state index contributed by atoms with van der Waals surface area (Å²) in [5.41, 5.74) is 0.215. The number of likely N-dealkylation sites (tertiary alicyclic amines) is 1. The van der Waals surface area contributed by atoms with Crippen LogP contribution in [0.25, 0.3) is 0 Å². The summed E-state index contributed by atoms with van der Waals surface area (Å²) in [5.74, 6) is 0.659. The Bertz CT molecular complexity index is 352. The Hall–Kier alpha value is -0.810. The van der Waals surface area contributed by atoms with Gasteiger partial charge in [-0.1, -0.05) is 13.8 Å². The average molecular weight is 254 g/mol. The Morgan fingerprint density at radius 2 is 2.17 bits per heavy atom. The standard InChI is InChI=1S/C13H22N2O3/c1-13(2)10(9-4-5-18-11(9)13)14-8-6-15(7-8)12(16)17-3/h8-11,14H,4-7H2,1-3H3/t9-,10+,11-/m0/s1. The number of hydrogen-bond acceptors (Lipinski definition) is 4. The van der Waals surface area contributed by atoms with Crippen LogP contribution in [0.2, 0.25) is 0 Å². The maximum atomic E-state index is 11.3. The predicted molar refractivity (Wildman–Crippen MR) is 66.3 cm³/mol. The van der Waals surface area contributed by atoms with Crippen molar-refractivity contribution in [1.29, 1.82) is 0 Å². The second kappa shape index (κ2) is 4.10. The molecule has 0 spiro atoms. The van der Waals surface area contributed by atoms with Gasteiger partial charge >= 0.3 is 6.09 Å². The quantitative estimate of drug-likeness (QED) is 0.793. The van der Waals surface area contributed by atoms with Gasteiger partial charge in [-0.3, -0.25) is 0 Å². The van der Waals surface area contributed by atoms with Crippen molar-refractivity contribution in [3.05, 3.63) is 0 Å². The fourth-order valence-corrected chi connectivity index (χ4v) is 3.78. The Balaban J connectivity index is 1.52. The summed E-state index contributed by atoms with van der Waals surface area (Å²) in [5, 5.41) is 3.69. The van der Waals surface area contributed by atoms with E-state index in [1.54, 1.807) is 4.90 Å². The third-order valence-corrected chi connectivity index (χ3v) is 4.83. The maximum Gasteiger partial charge on any atom is 0.409 e. The first-order valence-electron chi connectivity index (χ1n) is 6.74. The van der Waals surface area contributed by atoms with Gasteiger partial charge in [-0.15, -0.1) is 0 Å². The lowest BCUT2D eigenvalue weighted by Crippen LogP contribution is -2.72. The first-order chi connectivity index (χ1) is 8.54. The summed E-state index contributed by atoms with van der Waals surface area (Å²) in [6.07, 6.45) is 1.37. The van der Waals surface area contributed by atoms with Gasteiger partial charge in [-0.05, 0) is 6.42 Å². The number of fused-ring (bicyclic) bond motifs is 1. The van der Waals surface area contributed by atoms with Crippen LogP contribution in [-0.2, 0) is 9.47 Å². The van der Waals surface area contributed by atoms with Gasteiger partial charge in [0.2, 0.25) is 0 Å². The summed E-state index contributed by atoms with van der Waals surface area (Å²) < 4.78 is 10.5. The van der Waals surface area contributed by atoms with Gasteiger partial charge in [0, 0.05) is 43.1 Å². The number of nitrogens with zero attached hydrogens (tertiary/aromatic N) is 1. The molecule has 5 nitrogen and oxygen atoms in total. The largest absolute Gasteiger partial charge is 0.453 e. The Labute approximate surface area is 108 Å². The van der Waals surface area contributed by atoms with E-state index < -0.39 is 0 Å². The Morgan fingerprint density at radius 3 is 2.83 bits per heavy atom. The van der Waals surface area contributed by atoms with E-state index in [2.05, 4.69) is 19.2 Å². The molecular formula is C13H22N2O3. The number of carbonyl (C=O) groups excluding carboxylic acids is 1. The normalized spacial score (nSPS) is 37.7. The monoisotopic (exact) mass is 254 g/mol. The molecule has 5 heteroatoms. The molecule has 0 aromatic carbocycles. The molecule has 0 aromatic heterocycles. The zero-order chi connectivity index (χ0) is 12.9. The van der Waals surface area contributed by atoms with Crippen molar-refractivity contribution in [2.75, 3.05) is 26.8 Å². The van der Waals surface area contributed by atoms with Gasteiger partial charge in [-0.25, -0.2) is 4.79 Å². The molecule has 2 aliphatic heterocycles. The first kappa shape index (κ1) is 12.2. The van der Waals surface area contributed by atoms with Crippen molar-refractivity contribution in [2.45, 2.75) is 38.5 Å². The number of hydrogen-bond donors (Lipinski definition) is 1. The third kappa shape index (κ3) is 1.64. The van der Waals surface area contributed by atoms with Crippen LogP contribution in [0.15, 0.2) is 0 Å². The molecule has 2 heterocycles. The number of methoxy groups -OCH3 is 1. The lowest BCUT2D eigenvalue weighted by molar-refractivity contribution is -0.119. The van der Waals surface area contributed by atoms with Gasteiger partial charge in [0.1, 0.15) is 0 Å². The number of rotatable bonds is 2. The van der Waals surface area contributed by atoms with E-state index in [1.165, 1.54) is 13.5 Å². The van der Waals surface area contributed by atoms with Crippen LogP contribution < -0.4 is 5.32 Å². The SMILES string of the molecule is COC(=O)N1CC(N[C@@H]2[C@@H]3CCO[C@@H]3C2(C)C)C1. The number of nitrogens with one attached hydrogen (secondary N) is 1. The Morgan fingerprint density at radius 1 is 1.44 bits per heavy atom. The average Bonchev–Trinajstić information content (AvgIpc) is 2.73. The summed E-state index contributed by atoms with van der Waals surface area (Å²) in [7, 11) is 1.43. The highest BCUT2D eigenvalue weighted by Crippen LogP contribution is 2.52. The first-order valence-corrected chi connectivity index (χ1v) is 6.74. The summed E-state index contributed by atoms with van der Waals surface area (Å²) in [4.78, 5) is 13.0. The van der Waals surface area contributed by atoms with Crippen LogP contribution in [0.3, 0.4) is 0 Å². The van der Waals surface area contributed by atoms with E-state index in [0.29, 0.717) is 24.1 Å². The molecule has 0 unspecified atom stereocenters. The second-order valence-corrected chi connectivity index (χ2v) is 6.28. The van der Waals surface area contributed by atoms with Crippen molar-refractivity contribution in [2.24, 2.45) is 11.3 Å². The maximum absolute atomic E-state index is 11.3. The summed E-state index contributed by atoms with van der Waals surface area (Å²) in [6.45, 7) is 6.96. The molecule has 3 rings (SSSR count). The summed E-state index contributed by atoms with van der Waals surface area (Å²) >= 11 is 0. The minimum absolute atomic E-state index is 0.215. The number of ether oxygens (including phenoxy) is 2. The molecule has 2 saturated heterocycles. The van der Waals surface area contributed by atoms with Crippen molar-refractivity contribution >= 4 is 6.09 Å². The molecule has 3 aliphatic rings. The zero-order valence-corrected chi connectivity index (χ0v) is 11.3. The van der Waals surface area contributed by atoms with Gasteiger partial charge in [0.25, 0.3) is 0 Å². The smallest absolute Gasteiger partial charge is 0.409 e. The van der Waals surface area contributed by atoms with E-state index in [-0.39, 0.29) is 11.5 Å². The molecule has 1 amide bonds. The van der Waals surface area contributed by atoms with E-state index in [0.717, 1.165) is 19.7 Å². The number of carbonyl (C=O) groups is 1. The van der Waals surface area contributed by atoms with Crippen molar-refractivity contribution in [3.63, 3.8) is 0 Å². The number of amides is 1. The van der Waals surface area contributed by atoms with E-state index in [9.17, 15) is 4.79 Å². The topological polar surface area (TPSA) is 50.8 Å². The highest BCUT2D eigenvalue weighted by molar-refractivity contribution is 5.68. The van der Waals surface area contributed by atoms with Crippen molar-refractivity contribution in [3.8, 4) is 0 Å². The summed E-state index contributed by atoms with van der Waals surface area (Å²) in [6, 6.07) is 0.935. The van der Waals surface area contributed by atoms with Crippen LogP contribution in [0.5, 0.6) is 0 Å². The van der Waals surface area contributed by atoms with Crippen LogP contribution in [0.1, 0.15) is 20.3 Å². The van der Waals surface area contributed by atoms with Crippen LogP contribution in [-0.4, -0.2) is 56.0 Å². The molecular weight excluding hydrogens is 232 g/mol. The van der Waals surface area contributed by atoms with Crippen molar-refractivity contribution in [1.82, 2.24) is 10.2 Å². The fraction of sp³-hybridized carbons (Fsp3) is 0.923.